The van der Waals surface area contributed by atoms with E-state index < -0.39 is 0 Å². The maximum absolute atomic E-state index is 13.5. The molecule has 0 N–H and O–H groups in total. The zero-order chi connectivity index (χ0) is 23.2. The lowest BCUT2D eigenvalue weighted by atomic mass is 10.1. The fraction of sp³-hybridized carbons (Fsp3) is 0.417. The summed E-state index contributed by atoms with van der Waals surface area (Å²) >= 11 is 3.27. The number of rotatable bonds is 9. The molecule has 1 fully saturated rings. The van der Waals surface area contributed by atoms with E-state index in [4.69, 9.17) is 19.2 Å². The Bertz CT molecular complexity index is 1110. The van der Waals surface area contributed by atoms with Gasteiger partial charge < -0.3 is 14.2 Å². The number of halogens is 1. The van der Waals surface area contributed by atoms with Crippen LogP contribution < -0.4 is 14.4 Å². The van der Waals surface area contributed by atoms with Gasteiger partial charge in [0.15, 0.2) is 16.6 Å². The van der Waals surface area contributed by atoms with Crippen LogP contribution in [0.4, 0.5) is 5.13 Å². The fourth-order valence-electron chi connectivity index (χ4n) is 3.79. The average molecular weight is 524 g/mol. The van der Waals surface area contributed by atoms with Gasteiger partial charge in [0.25, 0.3) is 0 Å². The van der Waals surface area contributed by atoms with Crippen molar-refractivity contribution in [3.63, 3.8) is 0 Å². The first-order chi connectivity index (χ1) is 16.1. The Labute approximate surface area is 214 Å². The van der Waals surface area contributed by atoms with Gasteiger partial charge in [0.1, 0.15) is 0 Å². The van der Waals surface area contributed by atoms with Crippen molar-refractivity contribution in [3.05, 3.63) is 42.0 Å². The lowest BCUT2D eigenvalue weighted by molar-refractivity contribution is -0.118. The van der Waals surface area contributed by atoms with Gasteiger partial charge in [-0.3, -0.25) is 14.6 Å². The molecule has 3 aromatic rings. The zero-order valence-electron chi connectivity index (χ0n) is 19.6. The van der Waals surface area contributed by atoms with E-state index in [1.807, 2.05) is 29.2 Å². The average Bonchev–Trinajstić information content (AvgIpc) is 3.27. The van der Waals surface area contributed by atoms with E-state index >= 15 is 0 Å². The maximum Gasteiger partial charge on any atom is 0.233 e. The molecule has 0 atom stereocenters. The van der Waals surface area contributed by atoms with E-state index in [0.717, 1.165) is 53.8 Å². The summed E-state index contributed by atoms with van der Waals surface area (Å²) in [6.07, 6.45) is 2.32. The van der Waals surface area contributed by atoms with Crippen LogP contribution in [0, 0.1) is 0 Å². The Balaban J connectivity index is 0.00000324. The minimum absolute atomic E-state index is 0. The van der Waals surface area contributed by atoms with Crippen LogP contribution in [0.1, 0.15) is 5.56 Å². The summed E-state index contributed by atoms with van der Waals surface area (Å²) in [5, 5.41) is 0.738. The van der Waals surface area contributed by atoms with Gasteiger partial charge in [-0.1, -0.05) is 17.4 Å². The Morgan fingerprint density at radius 1 is 1.15 bits per heavy atom. The van der Waals surface area contributed by atoms with Gasteiger partial charge in [0.05, 0.1) is 44.1 Å². The van der Waals surface area contributed by atoms with E-state index in [0.29, 0.717) is 18.0 Å². The number of carbonyl (C=O) groups excluding carboxylic acids is 1. The number of ether oxygens (including phenoxy) is 3. The highest BCUT2D eigenvalue weighted by molar-refractivity contribution is 7.98. The van der Waals surface area contributed by atoms with Gasteiger partial charge >= 0.3 is 0 Å². The van der Waals surface area contributed by atoms with E-state index in [1.54, 1.807) is 37.3 Å². The van der Waals surface area contributed by atoms with E-state index in [9.17, 15) is 4.79 Å². The molecule has 2 heterocycles. The molecule has 0 bridgehead atoms. The molecule has 2 aromatic carbocycles. The van der Waals surface area contributed by atoms with Crippen LogP contribution in [-0.4, -0.2) is 75.7 Å². The third kappa shape index (κ3) is 6.34. The van der Waals surface area contributed by atoms with Crippen LogP contribution >= 0.6 is 35.5 Å². The number of nitrogens with zero attached hydrogens (tertiary/aromatic N) is 3. The largest absolute Gasteiger partial charge is 0.493 e. The number of amides is 1. The standard InChI is InChI=1S/C24H29N3O4S2.ClH/c1-29-20-7-4-17(14-21(20)30-2)15-23(28)27(9-8-26-10-12-31-13-11-26)24-25-19-6-5-18(32-3)16-22(19)33-24;/h4-7,14,16H,8-13,15H2,1-3H3;1H. The van der Waals surface area contributed by atoms with E-state index in [-0.39, 0.29) is 24.7 Å². The fourth-order valence-corrected chi connectivity index (χ4v) is 5.35. The first-order valence-electron chi connectivity index (χ1n) is 10.9. The molecule has 0 saturated carbocycles. The molecule has 0 spiro atoms. The molecule has 1 aliphatic heterocycles. The lowest BCUT2D eigenvalue weighted by Gasteiger charge is -2.29. The predicted octanol–water partition coefficient (Wildman–Crippen LogP) is 4.37. The summed E-state index contributed by atoms with van der Waals surface area (Å²) < 4.78 is 17.3. The quantitative estimate of drug-likeness (QED) is 0.386. The molecular weight excluding hydrogens is 494 g/mol. The van der Waals surface area contributed by atoms with Gasteiger partial charge in [0, 0.05) is 31.1 Å². The number of hydrogen-bond acceptors (Lipinski definition) is 8. The number of thioether (sulfide) groups is 1. The van der Waals surface area contributed by atoms with Gasteiger partial charge in [-0.05, 0) is 42.2 Å². The summed E-state index contributed by atoms with van der Waals surface area (Å²) in [5.74, 6) is 1.28. The van der Waals surface area contributed by atoms with Crippen molar-refractivity contribution in [1.82, 2.24) is 9.88 Å². The molecule has 4 rings (SSSR count). The maximum atomic E-state index is 13.5. The number of hydrogen-bond donors (Lipinski definition) is 0. The highest BCUT2D eigenvalue weighted by atomic mass is 35.5. The second kappa shape index (κ2) is 12.6. The van der Waals surface area contributed by atoms with Crippen molar-refractivity contribution in [3.8, 4) is 11.5 Å². The van der Waals surface area contributed by atoms with Crippen LogP contribution in [0.3, 0.4) is 0 Å². The lowest BCUT2D eigenvalue weighted by Crippen LogP contribution is -2.43. The molecule has 7 nitrogen and oxygen atoms in total. The second-order valence-electron chi connectivity index (χ2n) is 7.70. The van der Waals surface area contributed by atoms with E-state index in [2.05, 4.69) is 23.3 Å². The number of fused-ring (bicyclic) bond motifs is 1. The number of anilines is 1. The number of benzene rings is 2. The van der Waals surface area contributed by atoms with Crippen LogP contribution in [0.25, 0.3) is 10.2 Å². The molecule has 1 saturated heterocycles. The molecule has 184 valence electrons. The van der Waals surface area contributed by atoms with Crippen molar-refractivity contribution >= 4 is 56.8 Å². The Morgan fingerprint density at radius 2 is 1.91 bits per heavy atom. The molecule has 0 aliphatic carbocycles. The van der Waals surface area contributed by atoms with Gasteiger partial charge in [0.2, 0.25) is 5.91 Å². The van der Waals surface area contributed by atoms with Crippen molar-refractivity contribution in [2.75, 3.05) is 64.8 Å². The summed E-state index contributed by atoms with van der Waals surface area (Å²) in [6.45, 7) is 4.61. The van der Waals surface area contributed by atoms with E-state index in [1.165, 1.54) is 4.90 Å². The first-order valence-corrected chi connectivity index (χ1v) is 12.9. The number of aromatic nitrogens is 1. The summed E-state index contributed by atoms with van der Waals surface area (Å²) in [7, 11) is 3.20. The Kier molecular flexibility index (Phi) is 9.85. The van der Waals surface area contributed by atoms with Crippen molar-refractivity contribution in [2.24, 2.45) is 0 Å². The molecule has 1 amide bonds. The second-order valence-corrected chi connectivity index (χ2v) is 9.58. The van der Waals surface area contributed by atoms with Gasteiger partial charge in [-0.2, -0.15) is 0 Å². The molecule has 1 aliphatic rings. The van der Waals surface area contributed by atoms with Crippen LogP contribution in [0.2, 0.25) is 0 Å². The van der Waals surface area contributed by atoms with Crippen LogP contribution in [-0.2, 0) is 16.0 Å². The molecule has 0 unspecified atom stereocenters. The highest BCUT2D eigenvalue weighted by Crippen LogP contribution is 2.32. The summed E-state index contributed by atoms with van der Waals surface area (Å²) in [4.78, 5) is 23.7. The topological polar surface area (TPSA) is 64.1 Å². The zero-order valence-corrected chi connectivity index (χ0v) is 22.1. The third-order valence-corrected chi connectivity index (χ3v) is 7.43. The normalized spacial score (nSPS) is 14.0. The highest BCUT2D eigenvalue weighted by Gasteiger charge is 2.22. The SMILES string of the molecule is COc1ccc(CC(=O)N(CCN2CCOCC2)c2nc3ccc(SC)cc3s2)cc1OC.Cl. The molecule has 0 radical (unpaired) electrons. The van der Waals surface area contributed by atoms with Gasteiger partial charge in [-0.25, -0.2) is 4.98 Å². The molecular formula is C24H30ClN3O4S2. The first kappa shape index (κ1) is 26.6. The Hall–Kier alpha value is -2.04. The van der Waals surface area contributed by atoms with Gasteiger partial charge in [-0.15, -0.1) is 24.2 Å². The summed E-state index contributed by atoms with van der Waals surface area (Å²) in [6, 6.07) is 11.8. The number of morpholine rings is 1. The Morgan fingerprint density at radius 3 is 2.62 bits per heavy atom. The third-order valence-electron chi connectivity index (χ3n) is 5.66. The molecule has 10 heteroatoms. The summed E-state index contributed by atoms with van der Waals surface area (Å²) in [5.41, 5.74) is 1.79. The molecule has 34 heavy (non-hydrogen) atoms. The van der Waals surface area contributed by atoms with Crippen LogP contribution in [0.5, 0.6) is 11.5 Å². The number of carbonyl (C=O) groups is 1. The minimum atomic E-state index is 0. The van der Waals surface area contributed by atoms with Crippen LogP contribution in [0.15, 0.2) is 41.3 Å². The predicted molar refractivity (Wildman–Crippen MR) is 142 cm³/mol. The molecule has 1 aromatic heterocycles. The van der Waals surface area contributed by atoms with Crippen molar-refractivity contribution in [2.45, 2.75) is 11.3 Å². The number of thiazole rings is 1. The van der Waals surface area contributed by atoms with Crippen molar-refractivity contribution in [1.29, 1.82) is 0 Å². The van der Waals surface area contributed by atoms with Crippen molar-refractivity contribution < 1.29 is 19.0 Å². The minimum Gasteiger partial charge on any atom is -0.493 e. The number of methoxy groups -OCH3 is 2. The monoisotopic (exact) mass is 523 g/mol. The smallest absolute Gasteiger partial charge is 0.233 e.